The first-order valence-electron chi connectivity index (χ1n) is 6.34. The van der Waals surface area contributed by atoms with Gasteiger partial charge in [0.1, 0.15) is 17.5 Å². The number of carboxylic acids is 1. The number of rotatable bonds is 9. The highest BCUT2D eigenvalue weighted by molar-refractivity contribution is 7.98. The molecular weight excluding hydrogens is 294 g/mol. The van der Waals surface area contributed by atoms with Gasteiger partial charge in [0.05, 0.1) is 7.11 Å². The van der Waals surface area contributed by atoms with E-state index < -0.39 is 17.9 Å². The molecule has 0 unspecified atom stereocenters. The summed E-state index contributed by atoms with van der Waals surface area (Å²) in [5.41, 5.74) is 0. The Balaban J connectivity index is 2.46. The highest BCUT2D eigenvalue weighted by Crippen LogP contribution is 2.18. The molecule has 1 atom stereocenters. The summed E-state index contributed by atoms with van der Waals surface area (Å²) in [6, 6.07) is 5.95. The van der Waals surface area contributed by atoms with Crippen LogP contribution < -0.4 is 14.8 Å². The van der Waals surface area contributed by atoms with Crippen LogP contribution in [0.5, 0.6) is 11.5 Å². The molecule has 0 saturated heterocycles. The fourth-order valence-corrected chi connectivity index (χ4v) is 2.04. The maximum absolute atomic E-state index is 11.7. The van der Waals surface area contributed by atoms with Crippen LogP contribution in [-0.4, -0.2) is 48.8 Å². The third-order valence-electron chi connectivity index (χ3n) is 2.66. The van der Waals surface area contributed by atoms with Crippen LogP contribution in [0.1, 0.15) is 6.42 Å². The standard InChI is InChI=1S/C14H19NO5S/c1-19-10-4-3-5-11(8-10)20-9-13(16)15-12(14(17)18)6-7-21-2/h3-5,8,12H,6-7,9H2,1-2H3,(H,15,16)(H,17,18)/t12-/m0/s1. The van der Waals surface area contributed by atoms with Crippen molar-refractivity contribution in [2.24, 2.45) is 0 Å². The van der Waals surface area contributed by atoms with Crippen molar-refractivity contribution in [1.29, 1.82) is 0 Å². The van der Waals surface area contributed by atoms with Gasteiger partial charge in [-0.05, 0) is 30.6 Å². The second-order valence-corrected chi connectivity index (χ2v) is 5.19. The maximum atomic E-state index is 11.7. The second kappa shape index (κ2) is 9.12. The van der Waals surface area contributed by atoms with Gasteiger partial charge < -0.3 is 19.9 Å². The zero-order chi connectivity index (χ0) is 15.7. The lowest BCUT2D eigenvalue weighted by molar-refractivity contribution is -0.142. The van der Waals surface area contributed by atoms with Crippen molar-refractivity contribution >= 4 is 23.6 Å². The molecule has 116 valence electrons. The molecule has 1 aromatic carbocycles. The molecule has 0 radical (unpaired) electrons. The molecule has 0 bridgehead atoms. The number of thioether (sulfide) groups is 1. The summed E-state index contributed by atoms with van der Waals surface area (Å²) in [7, 11) is 1.54. The molecule has 0 aliphatic rings. The van der Waals surface area contributed by atoms with Gasteiger partial charge in [-0.1, -0.05) is 6.07 Å². The van der Waals surface area contributed by atoms with Crippen LogP contribution in [0.2, 0.25) is 0 Å². The van der Waals surface area contributed by atoms with E-state index >= 15 is 0 Å². The van der Waals surface area contributed by atoms with E-state index in [1.54, 1.807) is 24.3 Å². The summed E-state index contributed by atoms with van der Waals surface area (Å²) in [4.78, 5) is 22.7. The van der Waals surface area contributed by atoms with Gasteiger partial charge in [-0.2, -0.15) is 11.8 Å². The van der Waals surface area contributed by atoms with Crippen LogP contribution >= 0.6 is 11.8 Å². The Labute approximate surface area is 127 Å². The Morgan fingerprint density at radius 2 is 2.10 bits per heavy atom. The molecule has 1 rings (SSSR count). The van der Waals surface area contributed by atoms with E-state index in [0.29, 0.717) is 23.7 Å². The molecule has 1 aromatic rings. The summed E-state index contributed by atoms with van der Waals surface area (Å²) < 4.78 is 10.3. The molecule has 21 heavy (non-hydrogen) atoms. The van der Waals surface area contributed by atoms with Crippen molar-refractivity contribution in [3.8, 4) is 11.5 Å². The Kier molecular flexibility index (Phi) is 7.45. The van der Waals surface area contributed by atoms with Gasteiger partial charge in [-0.25, -0.2) is 4.79 Å². The fraction of sp³-hybridized carbons (Fsp3) is 0.429. The lowest BCUT2D eigenvalue weighted by Gasteiger charge is -2.14. The van der Waals surface area contributed by atoms with E-state index in [9.17, 15) is 9.59 Å². The minimum atomic E-state index is -1.04. The van der Waals surface area contributed by atoms with Gasteiger partial charge in [-0.15, -0.1) is 0 Å². The quantitative estimate of drug-likeness (QED) is 0.717. The van der Waals surface area contributed by atoms with Crippen molar-refractivity contribution in [2.45, 2.75) is 12.5 Å². The number of nitrogens with one attached hydrogen (secondary N) is 1. The maximum Gasteiger partial charge on any atom is 0.326 e. The first kappa shape index (κ1) is 17.2. The smallest absolute Gasteiger partial charge is 0.326 e. The number of carbonyl (C=O) groups is 2. The average molecular weight is 313 g/mol. The highest BCUT2D eigenvalue weighted by Gasteiger charge is 2.19. The molecule has 0 heterocycles. The number of benzene rings is 1. The molecule has 6 nitrogen and oxygen atoms in total. The molecule has 0 saturated carbocycles. The van der Waals surface area contributed by atoms with Crippen LogP contribution in [-0.2, 0) is 9.59 Å². The number of carboxylic acid groups (broad SMARTS) is 1. The largest absolute Gasteiger partial charge is 0.497 e. The Hall–Kier alpha value is -1.89. The number of methoxy groups -OCH3 is 1. The first-order valence-corrected chi connectivity index (χ1v) is 7.74. The zero-order valence-corrected chi connectivity index (χ0v) is 12.8. The lowest BCUT2D eigenvalue weighted by atomic mass is 10.2. The molecule has 7 heteroatoms. The number of aliphatic carboxylic acids is 1. The van der Waals surface area contributed by atoms with E-state index in [-0.39, 0.29) is 6.61 Å². The lowest BCUT2D eigenvalue weighted by Crippen LogP contribution is -2.43. The molecule has 0 spiro atoms. The van der Waals surface area contributed by atoms with Crippen molar-refractivity contribution < 1.29 is 24.2 Å². The first-order chi connectivity index (χ1) is 10.1. The fourth-order valence-electron chi connectivity index (χ4n) is 1.57. The minimum absolute atomic E-state index is 0.240. The molecule has 0 fully saturated rings. The van der Waals surface area contributed by atoms with Crippen LogP contribution in [0.15, 0.2) is 24.3 Å². The zero-order valence-electron chi connectivity index (χ0n) is 12.0. The van der Waals surface area contributed by atoms with Gasteiger partial charge >= 0.3 is 5.97 Å². The van der Waals surface area contributed by atoms with E-state index in [1.165, 1.54) is 18.9 Å². The van der Waals surface area contributed by atoms with Crippen LogP contribution in [0, 0.1) is 0 Å². The minimum Gasteiger partial charge on any atom is -0.497 e. The van der Waals surface area contributed by atoms with Gasteiger partial charge in [0.2, 0.25) is 0 Å². The molecule has 1 amide bonds. The third-order valence-corrected chi connectivity index (χ3v) is 3.30. The number of hydrogen-bond acceptors (Lipinski definition) is 5. The van der Waals surface area contributed by atoms with Gasteiger partial charge in [0.15, 0.2) is 6.61 Å². The van der Waals surface area contributed by atoms with E-state index in [2.05, 4.69) is 5.32 Å². The average Bonchev–Trinajstić information content (AvgIpc) is 2.49. The summed E-state index contributed by atoms with van der Waals surface area (Å²) in [6.45, 7) is -0.240. The van der Waals surface area contributed by atoms with Crippen molar-refractivity contribution in [3.63, 3.8) is 0 Å². The van der Waals surface area contributed by atoms with E-state index in [4.69, 9.17) is 14.6 Å². The van der Waals surface area contributed by atoms with Gasteiger partial charge in [0.25, 0.3) is 5.91 Å². The van der Waals surface area contributed by atoms with Crippen molar-refractivity contribution in [2.75, 3.05) is 25.7 Å². The van der Waals surface area contributed by atoms with Crippen LogP contribution in [0.4, 0.5) is 0 Å². The SMILES string of the molecule is COc1cccc(OCC(=O)N[C@@H](CCSC)C(=O)O)c1. The highest BCUT2D eigenvalue weighted by atomic mass is 32.2. The molecule has 0 aromatic heterocycles. The molecule has 2 N–H and O–H groups in total. The Bertz CT molecular complexity index is 480. The van der Waals surface area contributed by atoms with Gasteiger partial charge in [-0.3, -0.25) is 4.79 Å². The number of carbonyl (C=O) groups excluding carboxylic acids is 1. The van der Waals surface area contributed by atoms with Crippen LogP contribution in [0.25, 0.3) is 0 Å². The molecular formula is C14H19NO5S. The monoisotopic (exact) mass is 313 g/mol. The Morgan fingerprint density at radius 3 is 2.71 bits per heavy atom. The predicted octanol–water partition coefficient (Wildman–Crippen LogP) is 1.40. The second-order valence-electron chi connectivity index (χ2n) is 4.21. The number of hydrogen-bond donors (Lipinski definition) is 2. The molecule has 0 aliphatic carbocycles. The van der Waals surface area contributed by atoms with Crippen LogP contribution in [0.3, 0.4) is 0 Å². The summed E-state index contributed by atoms with van der Waals surface area (Å²) in [5, 5.41) is 11.5. The Morgan fingerprint density at radius 1 is 1.38 bits per heavy atom. The van der Waals surface area contributed by atoms with Crippen molar-refractivity contribution in [3.05, 3.63) is 24.3 Å². The van der Waals surface area contributed by atoms with E-state index in [1.807, 2.05) is 6.26 Å². The molecule has 0 aliphatic heterocycles. The van der Waals surface area contributed by atoms with Gasteiger partial charge in [0, 0.05) is 6.07 Å². The number of amides is 1. The third kappa shape index (κ3) is 6.40. The summed E-state index contributed by atoms with van der Waals surface area (Å²) in [5.74, 6) is 0.260. The van der Waals surface area contributed by atoms with Crippen molar-refractivity contribution in [1.82, 2.24) is 5.32 Å². The normalized spacial score (nSPS) is 11.5. The van der Waals surface area contributed by atoms with E-state index in [0.717, 1.165) is 0 Å². The number of ether oxygens (including phenoxy) is 2. The summed E-state index contributed by atoms with van der Waals surface area (Å²) in [6.07, 6.45) is 2.26. The summed E-state index contributed by atoms with van der Waals surface area (Å²) >= 11 is 1.53. The predicted molar refractivity (Wildman–Crippen MR) is 81.1 cm³/mol. The topological polar surface area (TPSA) is 84.9 Å².